The Morgan fingerprint density at radius 2 is 2.14 bits per heavy atom. The molecule has 0 saturated carbocycles. The molecule has 0 aliphatic rings. The summed E-state index contributed by atoms with van der Waals surface area (Å²) in [6, 6.07) is 4.10. The molecule has 2 rings (SSSR count). The fourth-order valence-corrected chi connectivity index (χ4v) is 2.38. The molecule has 0 bridgehead atoms. The maximum Gasteiger partial charge on any atom is 0.125 e. The zero-order valence-electron chi connectivity index (χ0n) is 14.1. The van der Waals surface area contributed by atoms with Crippen molar-refractivity contribution in [2.45, 2.75) is 33.7 Å². The van der Waals surface area contributed by atoms with Crippen LogP contribution >= 0.6 is 0 Å². The Morgan fingerprint density at radius 1 is 1.32 bits per heavy atom. The quantitative estimate of drug-likeness (QED) is 0.785. The molecule has 5 heteroatoms. The standard InChI is InChI=1S/C17H27N5/c1-5-8-22(4)12-15-11-20-21-17(15)14-6-7-16(19-10-14)18-9-13(2)3/h6-7,10-11,13H,5,8-9,12H2,1-4H3,(H,18,19)(H,20,21). The smallest absolute Gasteiger partial charge is 0.125 e. The fourth-order valence-electron chi connectivity index (χ4n) is 2.38. The molecular formula is C17H27N5. The number of nitrogens with zero attached hydrogens (tertiary/aromatic N) is 3. The van der Waals surface area contributed by atoms with Gasteiger partial charge in [0.1, 0.15) is 5.82 Å². The van der Waals surface area contributed by atoms with Crippen molar-refractivity contribution in [3.05, 3.63) is 30.1 Å². The summed E-state index contributed by atoms with van der Waals surface area (Å²) in [5.41, 5.74) is 3.25. The van der Waals surface area contributed by atoms with Gasteiger partial charge in [0.25, 0.3) is 0 Å². The Balaban J connectivity index is 2.07. The highest BCUT2D eigenvalue weighted by Gasteiger charge is 2.11. The number of hydrogen-bond acceptors (Lipinski definition) is 4. The first-order chi connectivity index (χ1) is 10.6. The summed E-state index contributed by atoms with van der Waals surface area (Å²) in [4.78, 5) is 6.79. The SMILES string of the molecule is CCCN(C)Cc1c[nH]nc1-c1ccc(NCC(C)C)nc1. The van der Waals surface area contributed by atoms with Crippen molar-refractivity contribution < 1.29 is 0 Å². The molecule has 0 spiro atoms. The van der Waals surface area contributed by atoms with Crippen LogP contribution in [0.4, 0.5) is 5.82 Å². The second-order valence-corrected chi connectivity index (χ2v) is 6.20. The lowest BCUT2D eigenvalue weighted by Gasteiger charge is -2.15. The Hall–Kier alpha value is -1.88. The number of nitrogens with one attached hydrogen (secondary N) is 2. The van der Waals surface area contributed by atoms with Gasteiger partial charge in [0, 0.05) is 36.6 Å². The Morgan fingerprint density at radius 3 is 2.77 bits per heavy atom. The molecule has 0 aliphatic heterocycles. The molecule has 2 heterocycles. The van der Waals surface area contributed by atoms with Gasteiger partial charge in [0.05, 0.1) is 5.69 Å². The van der Waals surface area contributed by atoms with E-state index in [0.29, 0.717) is 5.92 Å². The van der Waals surface area contributed by atoms with E-state index in [4.69, 9.17) is 0 Å². The minimum absolute atomic E-state index is 0.605. The summed E-state index contributed by atoms with van der Waals surface area (Å²) in [7, 11) is 2.14. The summed E-state index contributed by atoms with van der Waals surface area (Å²) in [6.45, 7) is 9.48. The highest BCUT2D eigenvalue weighted by atomic mass is 15.1. The Kier molecular flexibility index (Phi) is 5.95. The van der Waals surface area contributed by atoms with E-state index in [2.05, 4.69) is 59.3 Å². The first-order valence-corrected chi connectivity index (χ1v) is 8.01. The predicted octanol–water partition coefficient (Wildman–Crippen LogP) is 3.38. The molecule has 0 aliphatic carbocycles. The van der Waals surface area contributed by atoms with E-state index in [9.17, 15) is 0 Å². The van der Waals surface area contributed by atoms with Crippen LogP contribution in [0.5, 0.6) is 0 Å². The summed E-state index contributed by atoms with van der Waals surface area (Å²) in [5, 5.41) is 10.7. The number of anilines is 1. The normalized spacial score (nSPS) is 11.4. The molecule has 0 saturated heterocycles. The van der Waals surface area contributed by atoms with Crippen molar-refractivity contribution in [2.24, 2.45) is 5.92 Å². The van der Waals surface area contributed by atoms with E-state index in [1.165, 1.54) is 5.56 Å². The van der Waals surface area contributed by atoms with Crippen LogP contribution in [0, 0.1) is 5.92 Å². The van der Waals surface area contributed by atoms with Gasteiger partial charge in [-0.1, -0.05) is 20.8 Å². The lowest BCUT2D eigenvalue weighted by Crippen LogP contribution is -2.18. The van der Waals surface area contributed by atoms with Crippen molar-refractivity contribution in [3.63, 3.8) is 0 Å². The zero-order valence-corrected chi connectivity index (χ0v) is 14.1. The van der Waals surface area contributed by atoms with Gasteiger partial charge in [-0.15, -0.1) is 0 Å². The lowest BCUT2D eigenvalue weighted by atomic mass is 10.1. The fraction of sp³-hybridized carbons (Fsp3) is 0.529. The first-order valence-electron chi connectivity index (χ1n) is 8.01. The van der Waals surface area contributed by atoms with Gasteiger partial charge in [-0.25, -0.2) is 4.98 Å². The van der Waals surface area contributed by atoms with Crippen molar-refractivity contribution in [3.8, 4) is 11.3 Å². The van der Waals surface area contributed by atoms with Gasteiger partial charge in [-0.2, -0.15) is 5.10 Å². The average Bonchev–Trinajstić information content (AvgIpc) is 2.94. The number of H-pyrrole nitrogens is 1. The summed E-state index contributed by atoms with van der Waals surface area (Å²) in [5.74, 6) is 1.52. The molecule has 0 radical (unpaired) electrons. The Labute approximate surface area is 133 Å². The molecule has 0 unspecified atom stereocenters. The van der Waals surface area contributed by atoms with E-state index in [-0.39, 0.29) is 0 Å². The molecule has 22 heavy (non-hydrogen) atoms. The maximum atomic E-state index is 4.48. The van der Waals surface area contributed by atoms with Crippen molar-refractivity contribution >= 4 is 5.82 Å². The van der Waals surface area contributed by atoms with Crippen LogP contribution < -0.4 is 5.32 Å². The third-order valence-electron chi connectivity index (χ3n) is 3.49. The van der Waals surface area contributed by atoms with Gasteiger partial charge in [-0.05, 0) is 38.1 Å². The van der Waals surface area contributed by atoms with Crippen LogP contribution in [-0.2, 0) is 6.54 Å². The highest BCUT2D eigenvalue weighted by Crippen LogP contribution is 2.22. The monoisotopic (exact) mass is 301 g/mol. The number of rotatable bonds is 8. The van der Waals surface area contributed by atoms with Crippen molar-refractivity contribution in [1.82, 2.24) is 20.1 Å². The van der Waals surface area contributed by atoms with Gasteiger partial charge >= 0.3 is 0 Å². The van der Waals surface area contributed by atoms with E-state index in [1.807, 2.05) is 18.5 Å². The summed E-state index contributed by atoms with van der Waals surface area (Å²) < 4.78 is 0. The van der Waals surface area contributed by atoms with E-state index < -0.39 is 0 Å². The van der Waals surface area contributed by atoms with Crippen LogP contribution in [0.3, 0.4) is 0 Å². The van der Waals surface area contributed by atoms with Gasteiger partial charge < -0.3 is 10.2 Å². The predicted molar refractivity (Wildman–Crippen MR) is 91.8 cm³/mol. The third-order valence-corrected chi connectivity index (χ3v) is 3.49. The third kappa shape index (κ3) is 4.56. The molecule has 5 nitrogen and oxygen atoms in total. The van der Waals surface area contributed by atoms with Gasteiger partial charge in [0.15, 0.2) is 0 Å². The zero-order chi connectivity index (χ0) is 15.9. The van der Waals surface area contributed by atoms with Gasteiger partial charge in [-0.3, -0.25) is 5.10 Å². The highest BCUT2D eigenvalue weighted by molar-refractivity contribution is 5.62. The molecule has 0 amide bonds. The number of hydrogen-bond donors (Lipinski definition) is 2. The molecule has 2 aromatic heterocycles. The minimum atomic E-state index is 0.605. The Bertz CT molecular complexity index is 559. The lowest BCUT2D eigenvalue weighted by molar-refractivity contribution is 0.328. The van der Waals surface area contributed by atoms with Crippen LogP contribution in [0.25, 0.3) is 11.3 Å². The van der Waals surface area contributed by atoms with E-state index in [0.717, 1.165) is 43.1 Å². The maximum absolute atomic E-state index is 4.48. The number of pyridine rings is 1. The molecule has 120 valence electrons. The molecule has 0 aromatic carbocycles. The average molecular weight is 301 g/mol. The summed E-state index contributed by atoms with van der Waals surface area (Å²) >= 11 is 0. The molecule has 0 atom stereocenters. The first kappa shape index (κ1) is 16.5. The van der Waals surface area contributed by atoms with Crippen LogP contribution in [-0.4, -0.2) is 40.2 Å². The largest absolute Gasteiger partial charge is 0.370 e. The second kappa shape index (κ2) is 7.94. The van der Waals surface area contributed by atoms with Crippen LogP contribution in [0.15, 0.2) is 24.5 Å². The molecular weight excluding hydrogens is 274 g/mol. The number of aromatic nitrogens is 3. The van der Waals surface area contributed by atoms with Gasteiger partial charge in [0.2, 0.25) is 0 Å². The van der Waals surface area contributed by atoms with Crippen LogP contribution in [0.2, 0.25) is 0 Å². The number of aromatic amines is 1. The minimum Gasteiger partial charge on any atom is -0.370 e. The summed E-state index contributed by atoms with van der Waals surface area (Å²) in [6.07, 6.45) is 5.02. The van der Waals surface area contributed by atoms with Crippen molar-refractivity contribution in [2.75, 3.05) is 25.5 Å². The molecule has 2 aromatic rings. The van der Waals surface area contributed by atoms with Crippen LogP contribution in [0.1, 0.15) is 32.8 Å². The van der Waals surface area contributed by atoms with Crippen molar-refractivity contribution in [1.29, 1.82) is 0 Å². The second-order valence-electron chi connectivity index (χ2n) is 6.20. The topological polar surface area (TPSA) is 56.8 Å². The molecule has 0 fully saturated rings. The molecule has 2 N–H and O–H groups in total. The van der Waals surface area contributed by atoms with E-state index >= 15 is 0 Å². The van der Waals surface area contributed by atoms with E-state index in [1.54, 1.807) is 0 Å².